The lowest BCUT2D eigenvalue weighted by molar-refractivity contribution is 0.594. The summed E-state index contributed by atoms with van der Waals surface area (Å²) in [6.07, 6.45) is 0. The number of hydrogen-bond donors (Lipinski definition) is 0. The van der Waals surface area contributed by atoms with E-state index in [1.807, 2.05) is 32.0 Å². The summed E-state index contributed by atoms with van der Waals surface area (Å²) in [5, 5.41) is 0.475. The predicted octanol–water partition coefficient (Wildman–Crippen LogP) is 4.54. The summed E-state index contributed by atoms with van der Waals surface area (Å²) in [5.41, 5.74) is 2.67. The first-order chi connectivity index (χ1) is 9.71. The van der Waals surface area contributed by atoms with Gasteiger partial charge in [0.25, 0.3) is 10.0 Å². The third-order valence-corrected chi connectivity index (χ3v) is 6.12. The molecule has 0 saturated heterocycles. The van der Waals surface area contributed by atoms with Gasteiger partial charge >= 0.3 is 0 Å². The molecule has 0 unspecified atom stereocenters. The fourth-order valence-electron chi connectivity index (χ4n) is 2.07. The summed E-state index contributed by atoms with van der Waals surface area (Å²) in [4.78, 5) is 0.195. The second-order valence-electron chi connectivity index (χ2n) is 4.89. The van der Waals surface area contributed by atoms with E-state index < -0.39 is 10.0 Å². The zero-order valence-electron chi connectivity index (χ0n) is 11.9. The number of benzene rings is 2. The molecule has 0 aliphatic carbocycles. The minimum Gasteiger partial charge on any atom is -0.269 e. The van der Waals surface area contributed by atoms with E-state index in [4.69, 9.17) is 11.6 Å². The lowest BCUT2D eigenvalue weighted by atomic mass is 10.1. The van der Waals surface area contributed by atoms with Gasteiger partial charge in [-0.2, -0.15) is 0 Å². The lowest BCUT2D eigenvalue weighted by Crippen LogP contribution is -2.26. The smallest absolute Gasteiger partial charge is 0.264 e. The quantitative estimate of drug-likeness (QED) is 0.774. The minimum absolute atomic E-state index is 0.195. The third-order valence-electron chi connectivity index (χ3n) is 3.12. The number of anilines is 1. The van der Waals surface area contributed by atoms with Crippen LogP contribution in [0.3, 0.4) is 0 Å². The van der Waals surface area contributed by atoms with E-state index in [0.29, 0.717) is 15.2 Å². The molecule has 0 aliphatic rings. The van der Waals surface area contributed by atoms with Gasteiger partial charge in [0.1, 0.15) is 0 Å². The van der Waals surface area contributed by atoms with Crippen molar-refractivity contribution < 1.29 is 8.42 Å². The number of hydrogen-bond acceptors (Lipinski definition) is 2. The van der Waals surface area contributed by atoms with Crippen LogP contribution in [0.5, 0.6) is 0 Å². The zero-order valence-corrected chi connectivity index (χ0v) is 15.1. The van der Waals surface area contributed by atoms with Gasteiger partial charge in [-0.3, -0.25) is 4.31 Å². The van der Waals surface area contributed by atoms with Crippen LogP contribution >= 0.6 is 27.5 Å². The molecule has 0 saturated carbocycles. The number of sulfonamides is 1. The Bertz CT molecular complexity index is 770. The molecular formula is C15H15BrClNO2S. The fraction of sp³-hybridized carbons (Fsp3) is 0.200. The molecule has 2 rings (SSSR count). The Morgan fingerprint density at radius 2 is 1.62 bits per heavy atom. The van der Waals surface area contributed by atoms with Gasteiger partial charge in [-0.05, 0) is 71.2 Å². The maximum atomic E-state index is 12.7. The Morgan fingerprint density at radius 3 is 2.14 bits per heavy atom. The Labute approximate surface area is 138 Å². The van der Waals surface area contributed by atoms with Crippen LogP contribution in [0.15, 0.2) is 45.8 Å². The van der Waals surface area contributed by atoms with Gasteiger partial charge in [0, 0.05) is 11.5 Å². The van der Waals surface area contributed by atoms with Gasteiger partial charge in [0.05, 0.1) is 15.6 Å². The standard InChI is InChI=1S/C15H15BrClNO2S/c1-10-6-11(2)8-12(7-10)18(3)21(19,20)13-4-5-15(17)14(16)9-13/h4-9H,1-3H3. The summed E-state index contributed by atoms with van der Waals surface area (Å²) < 4.78 is 27.2. The molecule has 3 nitrogen and oxygen atoms in total. The van der Waals surface area contributed by atoms with Crippen molar-refractivity contribution in [1.29, 1.82) is 0 Å². The average molecular weight is 389 g/mol. The second-order valence-corrected chi connectivity index (χ2v) is 8.13. The third kappa shape index (κ3) is 3.42. The molecule has 0 aromatic heterocycles. The van der Waals surface area contributed by atoms with Gasteiger partial charge in [-0.25, -0.2) is 8.42 Å². The first-order valence-corrected chi connectivity index (χ1v) is 8.85. The van der Waals surface area contributed by atoms with Crippen molar-refractivity contribution in [3.8, 4) is 0 Å². The normalized spacial score (nSPS) is 11.5. The van der Waals surface area contributed by atoms with Gasteiger partial charge in [-0.1, -0.05) is 17.7 Å². The first kappa shape index (κ1) is 16.3. The largest absolute Gasteiger partial charge is 0.269 e. The summed E-state index contributed by atoms with van der Waals surface area (Å²) >= 11 is 9.17. The highest BCUT2D eigenvalue weighted by Gasteiger charge is 2.22. The molecule has 0 bridgehead atoms. The van der Waals surface area contributed by atoms with Crippen LogP contribution in [0.4, 0.5) is 5.69 Å². The van der Waals surface area contributed by atoms with Crippen molar-refractivity contribution in [2.75, 3.05) is 11.4 Å². The molecule has 2 aromatic carbocycles. The molecular weight excluding hydrogens is 374 g/mol. The number of nitrogens with zero attached hydrogens (tertiary/aromatic N) is 1. The molecule has 6 heteroatoms. The molecule has 0 heterocycles. The molecule has 0 fully saturated rings. The molecule has 0 aliphatic heterocycles. The Hall–Kier alpha value is -1.04. The van der Waals surface area contributed by atoms with Crippen molar-refractivity contribution >= 4 is 43.2 Å². The molecule has 21 heavy (non-hydrogen) atoms. The maximum Gasteiger partial charge on any atom is 0.264 e. The molecule has 0 amide bonds. The van der Waals surface area contributed by atoms with Gasteiger partial charge < -0.3 is 0 Å². The van der Waals surface area contributed by atoms with E-state index in [1.165, 1.54) is 16.4 Å². The van der Waals surface area contributed by atoms with Gasteiger partial charge in [-0.15, -0.1) is 0 Å². The van der Waals surface area contributed by atoms with E-state index in [1.54, 1.807) is 13.1 Å². The van der Waals surface area contributed by atoms with E-state index >= 15 is 0 Å². The summed E-state index contributed by atoms with van der Waals surface area (Å²) in [7, 11) is -2.07. The van der Waals surface area contributed by atoms with E-state index in [0.717, 1.165) is 11.1 Å². The molecule has 0 radical (unpaired) electrons. The number of rotatable bonds is 3. The fourth-order valence-corrected chi connectivity index (χ4v) is 3.92. The van der Waals surface area contributed by atoms with Crippen LogP contribution < -0.4 is 4.31 Å². The molecule has 2 aromatic rings. The van der Waals surface area contributed by atoms with Crippen molar-refractivity contribution in [2.45, 2.75) is 18.7 Å². The van der Waals surface area contributed by atoms with Crippen LogP contribution in [0.25, 0.3) is 0 Å². The number of aryl methyl sites for hydroxylation is 2. The first-order valence-electron chi connectivity index (χ1n) is 6.24. The number of halogens is 2. The topological polar surface area (TPSA) is 37.4 Å². The predicted molar refractivity (Wildman–Crippen MR) is 90.7 cm³/mol. The highest BCUT2D eigenvalue weighted by Crippen LogP contribution is 2.29. The average Bonchev–Trinajstić information content (AvgIpc) is 2.39. The second kappa shape index (κ2) is 5.99. The zero-order chi connectivity index (χ0) is 15.8. The van der Waals surface area contributed by atoms with Crippen molar-refractivity contribution in [3.05, 3.63) is 57.0 Å². The van der Waals surface area contributed by atoms with Crippen molar-refractivity contribution in [3.63, 3.8) is 0 Å². The van der Waals surface area contributed by atoms with Crippen LogP contribution in [0.1, 0.15) is 11.1 Å². The van der Waals surface area contributed by atoms with Gasteiger partial charge in [0.15, 0.2) is 0 Å². The van der Waals surface area contributed by atoms with E-state index in [9.17, 15) is 8.42 Å². The minimum atomic E-state index is -3.62. The maximum absolute atomic E-state index is 12.7. The van der Waals surface area contributed by atoms with Crippen molar-refractivity contribution in [2.24, 2.45) is 0 Å². The lowest BCUT2D eigenvalue weighted by Gasteiger charge is -2.20. The molecule has 0 N–H and O–H groups in total. The summed E-state index contributed by atoms with van der Waals surface area (Å²) in [6.45, 7) is 3.88. The molecule has 112 valence electrons. The highest BCUT2D eigenvalue weighted by atomic mass is 79.9. The van der Waals surface area contributed by atoms with Crippen LogP contribution in [-0.4, -0.2) is 15.5 Å². The Kier molecular flexibility index (Phi) is 4.66. The summed E-state index contributed by atoms with van der Waals surface area (Å²) in [5.74, 6) is 0. The van der Waals surface area contributed by atoms with E-state index in [-0.39, 0.29) is 4.90 Å². The van der Waals surface area contributed by atoms with Crippen LogP contribution in [-0.2, 0) is 10.0 Å². The van der Waals surface area contributed by atoms with E-state index in [2.05, 4.69) is 15.9 Å². The van der Waals surface area contributed by atoms with Crippen LogP contribution in [0.2, 0.25) is 5.02 Å². The molecule has 0 spiro atoms. The van der Waals surface area contributed by atoms with Gasteiger partial charge in [0.2, 0.25) is 0 Å². The molecule has 0 atom stereocenters. The Morgan fingerprint density at radius 1 is 1.05 bits per heavy atom. The SMILES string of the molecule is Cc1cc(C)cc(N(C)S(=O)(=O)c2ccc(Cl)c(Br)c2)c1. The highest BCUT2D eigenvalue weighted by molar-refractivity contribution is 9.10. The Balaban J connectivity index is 2.49. The van der Waals surface area contributed by atoms with Crippen LogP contribution in [0, 0.1) is 13.8 Å². The summed E-state index contributed by atoms with van der Waals surface area (Å²) in [6, 6.07) is 10.3. The van der Waals surface area contributed by atoms with Crippen molar-refractivity contribution in [1.82, 2.24) is 0 Å². The monoisotopic (exact) mass is 387 g/mol.